The SMILES string of the molecule is COC(=O)C1=C(N)n2c(s/c(=C/c3ccc(OC)c(OC)c3)c2=O)=C(C(=O)OC)[C@@H]1c1ccc(OC)c(OC)c1. The number of aromatic nitrogens is 1. The first kappa shape index (κ1) is 28.3. The normalized spacial score (nSPS) is 14.9. The third-order valence-electron chi connectivity index (χ3n) is 6.41. The number of benzene rings is 2. The number of carbonyl (C=O) groups excluding carboxylic acids is 2. The van der Waals surface area contributed by atoms with E-state index in [1.54, 1.807) is 42.5 Å². The van der Waals surface area contributed by atoms with Crippen LogP contribution in [0.25, 0.3) is 17.5 Å². The minimum absolute atomic E-state index is 0.0402. The van der Waals surface area contributed by atoms with Crippen LogP contribution >= 0.6 is 11.3 Å². The van der Waals surface area contributed by atoms with Gasteiger partial charge < -0.3 is 34.2 Å². The van der Waals surface area contributed by atoms with Gasteiger partial charge in [0.05, 0.1) is 64.3 Å². The van der Waals surface area contributed by atoms with E-state index < -0.39 is 23.4 Å². The number of thiazole rings is 1. The van der Waals surface area contributed by atoms with Crippen LogP contribution in [0, 0.1) is 0 Å². The van der Waals surface area contributed by atoms with Crippen molar-refractivity contribution in [2.75, 3.05) is 42.7 Å². The summed E-state index contributed by atoms with van der Waals surface area (Å²) in [5.74, 6) is -0.957. The summed E-state index contributed by atoms with van der Waals surface area (Å²) in [6.45, 7) is 0. The Morgan fingerprint density at radius 3 is 1.93 bits per heavy atom. The maximum Gasteiger partial charge on any atom is 0.338 e. The van der Waals surface area contributed by atoms with E-state index in [2.05, 4.69) is 0 Å². The molecular weight excluding hydrogens is 540 g/mol. The molecule has 0 spiro atoms. The van der Waals surface area contributed by atoms with Gasteiger partial charge >= 0.3 is 11.9 Å². The molecule has 40 heavy (non-hydrogen) atoms. The summed E-state index contributed by atoms with van der Waals surface area (Å²) in [6, 6.07) is 10.1. The lowest BCUT2D eigenvalue weighted by molar-refractivity contribution is -0.136. The van der Waals surface area contributed by atoms with Gasteiger partial charge in [0.2, 0.25) is 0 Å². The number of hydrogen-bond acceptors (Lipinski definition) is 11. The number of carbonyl (C=O) groups is 2. The maximum absolute atomic E-state index is 13.7. The Morgan fingerprint density at radius 2 is 1.35 bits per heavy atom. The fourth-order valence-corrected chi connectivity index (χ4v) is 5.69. The van der Waals surface area contributed by atoms with Crippen molar-refractivity contribution < 1.29 is 38.0 Å². The molecule has 0 fully saturated rings. The minimum Gasteiger partial charge on any atom is -0.493 e. The molecule has 0 saturated carbocycles. The van der Waals surface area contributed by atoms with Crippen molar-refractivity contribution in [1.82, 2.24) is 4.57 Å². The number of methoxy groups -OCH3 is 6. The Bertz CT molecular complexity index is 1700. The lowest BCUT2D eigenvalue weighted by atomic mass is 9.83. The summed E-state index contributed by atoms with van der Waals surface area (Å²) in [7, 11) is 8.39. The minimum atomic E-state index is -1.04. The Morgan fingerprint density at radius 1 is 0.800 bits per heavy atom. The first-order chi connectivity index (χ1) is 19.2. The molecule has 0 bridgehead atoms. The van der Waals surface area contributed by atoms with Crippen molar-refractivity contribution in [3.8, 4) is 23.0 Å². The molecule has 4 rings (SSSR count). The summed E-state index contributed by atoms with van der Waals surface area (Å²) < 4.78 is 33.2. The standard InChI is InChI=1S/C28H28N2O9S/c1-34-16-9-7-14(11-18(16)36-3)12-20-25(31)30-24(29)22(27(32)38-5)21(23(26(30)40-20)28(33)39-6)15-8-10-17(35-2)19(13-15)37-4/h7-13,21H,29H2,1-6H3/b20-12+/t21-/m1/s1. The molecule has 11 nitrogen and oxygen atoms in total. The zero-order valence-electron chi connectivity index (χ0n) is 22.7. The summed E-state index contributed by atoms with van der Waals surface area (Å²) >= 11 is 1.04. The van der Waals surface area contributed by atoms with E-state index in [-0.39, 0.29) is 26.2 Å². The maximum atomic E-state index is 13.7. The number of nitrogens with zero attached hydrogens (tertiary/aromatic N) is 1. The highest BCUT2D eigenvalue weighted by Gasteiger charge is 2.40. The van der Waals surface area contributed by atoms with Crippen LogP contribution in [0.15, 0.2) is 46.8 Å². The second-order valence-corrected chi connectivity index (χ2v) is 9.44. The third kappa shape index (κ3) is 4.77. The molecule has 1 atom stereocenters. The first-order valence-electron chi connectivity index (χ1n) is 11.8. The molecule has 0 amide bonds. The van der Waals surface area contributed by atoms with Crippen molar-refractivity contribution in [2.45, 2.75) is 5.92 Å². The van der Waals surface area contributed by atoms with E-state index in [9.17, 15) is 14.4 Å². The lowest BCUT2D eigenvalue weighted by Gasteiger charge is -2.27. The molecule has 1 aliphatic heterocycles. The van der Waals surface area contributed by atoms with Gasteiger partial charge in [-0.1, -0.05) is 12.1 Å². The molecule has 12 heteroatoms. The summed E-state index contributed by atoms with van der Waals surface area (Å²) in [5.41, 5.74) is 7.02. The number of fused-ring (bicyclic) bond motifs is 1. The zero-order chi connectivity index (χ0) is 29.1. The molecule has 0 radical (unpaired) electrons. The van der Waals surface area contributed by atoms with Crippen LogP contribution in [-0.4, -0.2) is 59.2 Å². The van der Waals surface area contributed by atoms with Crippen LogP contribution < -0.4 is 39.4 Å². The topological polar surface area (TPSA) is 138 Å². The van der Waals surface area contributed by atoms with Gasteiger partial charge in [0, 0.05) is 0 Å². The Labute approximate surface area is 233 Å². The molecule has 2 N–H and O–H groups in total. The monoisotopic (exact) mass is 568 g/mol. The molecule has 0 saturated heterocycles. The van der Waals surface area contributed by atoms with Crippen molar-refractivity contribution in [3.63, 3.8) is 0 Å². The highest BCUT2D eigenvalue weighted by molar-refractivity contribution is 7.07. The third-order valence-corrected chi connectivity index (χ3v) is 7.51. The van der Waals surface area contributed by atoms with E-state index >= 15 is 0 Å². The second kappa shape index (κ2) is 11.6. The van der Waals surface area contributed by atoms with Gasteiger partial charge in [-0.25, -0.2) is 9.59 Å². The predicted octanol–water partition coefficient (Wildman–Crippen LogP) is 1.19. The van der Waals surface area contributed by atoms with Gasteiger partial charge in [0.1, 0.15) is 10.5 Å². The summed E-state index contributed by atoms with van der Waals surface area (Å²) in [6.07, 6.45) is 1.63. The lowest BCUT2D eigenvalue weighted by Crippen LogP contribution is -2.41. The number of nitrogens with two attached hydrogens (primary N) is 1. The molecular formula is C28H28N2O9S. The Hall–Kier alpha value is -4.71. The summed E-state index contributed by atoms with van der Waals surface area (Å²) in [4.78, 5) is 40.1. The first-order valence-corrected chi connectivity index (χ1v) is 12.6. The van der Waals surface area contributed by atoms with Crippen LogP contribution in [0.5, 0.6) is 23.0 Å². The average molecular weight is 569 g/mol. The quantitative estimate of drug-likeness (QED) is 0.395. The number of esters is 2. The highest BCUT2D eigenvalue weighted by atomic mass is 32.1. The zero-order valence-corrected chi connectivity index (χ0v) is 23.5. The largest absolute Gasteiger partial charge is 0.493 e. The molecule has 3 aromatic rings. The van der Waals surface area contributed by atoms with Gasteiger partial charge in [-0.15, -0.1) is 11.3 Å². The van der Waals surface area contributed by atoms with E-state index in [1.807, 2.05) is 0 Å². The Balaban J connectivity index is 2.09. The van der Waals surface area contributed by atoms with E-state index in [1.165, 1.54) is 42.7 Å². The van der Waals surface area contributed by atoms with Crippen LogP contribution in [0.3, 0.4) is 0 Å². The molecule has 210 valence electrons. The molecule has 0 unspecified atom stereocenters. The van der Waals surface area contributed by atoms with E-state index in [4.69, 9.17) is 34.2 Å². The van der Waals surface area contributed by atoms with Crippen molar-refractivity contribution in [3.05, 3.63) is 72.6 Å². The smallest absolute Gasteiger partial charge is 0.338 e. The Kier molecular flexibility index (Phi) is 8.19. The fourth-order valence-electron chi connectivity index (χ4n) is 4.52. The van der Waals surface area contributed by atoms with Crippen LogP contribution in [0.1, 0.15) is 17.0 Å². The van der Waals surface area contributed by atoms with Gasteiger partial charge in [0.25, 0.3) is 5.56 Å². The summed E-state index contributed by atoms with van der Waals surface area (Å²) in [5, 5.41) is 0. The van der Waals surface area contributed by atoms with Crippen molar-refractivity contribution >= 4 is 40.7 Å². The predicted molar refractivity (Wildman–Crippen MR) is 148 cm³/mol. The van der Waals surface area contributed by atoms with Gasteiger partial charge in [-0.3, -0.25) is 9.36 Å². The second-order valence-electron chi connectivity index (χ2n) is 8.41. The van der Waals surface area contributed by atoms with Crippen molar-refractivity contribution in [2.24, 2.45) is 5.73 Å². The number of ether oxygens (including phenoxy) is 6. The van der Waals surface area contributed by atoms with Crippen LogP contribution in [0.2, 0.25) is 0 Å². The fraction of sp³-hybridized carbons (Fsp3) is 0.250. The number of hydrogen-bond donors (Lipinski definition) is 1. The van der Waals surface area contributed by atoms with E-state index in [0.717, 1.165) is 15.9 Å². The highest BCUT2D eigenvalue weighted by Crippen LogP contribution is 2.40. The van der Waals surface area contributed by atoms with Gasteiger partial charge in [0.15, 0.2) is 23.0 Å². The van der Waals surface area contributed by atoms with Gasteiger partial charge in [-0.2, -0.15) is 0 Å². The van der Waals surface area contributed by atoms with E-state index in [0.29, 0.717) is 34.1 Å². The molecule has 1 aromatic heterocycles. The molecule has 1 aliphatic rings. The van der Waals surface area contributed by atoms with Crippen LogP contribution in [0.4, 0.5) is 0 Å². The number of rotatable bonds is 8. The molecule has 0 aliphatic carbocycles. The molecule has 2 heterocycles. The molecule has 2 aromatic carbocycles. The van der Waals surface area contributed by atoms with Crippen molar-refractivity contribution in [1.29, 1.82) is 0 Å². The average Bonchev–Trinajstić information content (AvgIpc) is 3.30. The van der Waals surface area contributed by atoms with Crippen LogP contribution in [-0.2, 0) is 19.1 Å². The van der Waals surface area contributed by atoms with Gasteiger partial charge in [-0.05, 0) is 41.5 Å².